The molecule has 2 heteroatoms. The summed E-state index contributed by atoms with van der Waals surface area (Å²) in [5.74, 6) is 0.705. The summed E-state index contributed by atoms with van der Waals surface area (Å²) in [7, 11) is 0. The van der Waals surface area contributed by atoms with Gasteiger partial charge in [-0.2, -0.15) is 0 Å². The van der Waals surface area contributed by atoms with Gasteiger partial charge in [-0.05, 0) is 33.1 Å². The van der Waals surface area contributed by atoms with Crippen molar-refractivity contribution in [1.29, 1.82) is 0 Å². The lowest BCUT2D eigenvalue weighted by Crippen LogP contribution is -2.18. The van der Waals surface area contributed by atoms with Gasteiger partial charge in [0.1, 0.15) is 0 Å². The van der Waals surface area contributed by atoms with Gasteiger partial charge in [0.05, 0.1) is 6.10 Å². The second kappa shape index (κ2) is 6.44. The Morgan fingerprint density at radius 2 is 1.58 bits per heavy atom. The summed E-state index contributed by atoms with van der Waals surface area (Å²) in [6.45, 7) is 11.2. The molecule has 0 radical (unpaired) electrons. The molecule has 0 aliphatic carbocycles. The molecule has 0 bridgehead atoms. The molecule has 0 amide bonds. The predicted octanol–water partition coefficient (Wildman–Crippen LogP) is 2.82. The van der Waals surface area contributed by atoms with Gasteiger partial charge in [-0.3, -0.25) is 0 Å². The van der Waals surface area contributed by atoms with Crippen molar-refractivity contribution in [2.24, 2.45) is 5.92 Å². The van der Waals surface area contributed by atoms with Crippen LogP contribution in [0.5, 0.6) is 0 Å². The molecule has 0 aromatic rings. The van der Waals surface area contributed by atoms with E-state index in [1.165, 1.54) is 0 Å². The Bertz CT molecular complexity index is 100. The Balaban J connectivity index is 3.25. The maximum absolute atomic E-state index is 5.44. The number of hydrogen-bond acceptors (Lipinski definition) is 2. The Morgan fingerprint density at radius 1 is 1.00 bits per heavy atom. The summed E-state index contributed by atoms with van der Waals surface area (Å²) in [5.41, 5.74) is 0. The highest BCUT2D eigenvalue weighted by molar-refractivity contribution is 4.44. The first-order valence-electron chi connectivity index (χ1n) is 4.79. The van der Waals surface area contributed by atoms with E-state index >= 15 is 0 Å². The van der Waals surface area contributed by atoms with Crippen molar-refractivity contribution in [3.8, 4) is 0 Å². The Morgan fingerprint density at radius 3 is 2.00 bits per heavy atom. The van der Waals surface area contributed by atoms with E-state index in [1.54, 1.807) is 0 Å². The molecule has 12 heavy (non-hydrogen) atoms. The Hall–Kier alpha value is -0.0800. The van der Waals surface area contributed by atoms with Crippen LogP contribution in [0.1, 0.15) is 41.0 Å². The summed E-state index contributed by atoms with van der Waals surface area (Å²) in [4.78, 5) is 0. The van der Waals surface area contributed by atoms with Crippen LogP contribution in [0.2, 0.25) is 0 Å². The summed E-state index contributed by atoms with van der Waals surface area (Å²) in [6.07, 6.45) is 1.29. The second-order valence-corrected chi connectivity index (χ2v) is 3.81. The SMILES string of the molecule is CC(C)CCOC(C)OC(C)C. The molecule has 0 spiro atoms. The zero-order valence-corrected chi connectivity index (χ0v) is 8.96. The van der Waals surface area contributed by atoms with Crippen LogP contribution in [-0.2, 0) is 9.47 Å². The first-order valence-corrected chi connectivity index (χ1v) is 4.79. The van der Waals surface area contributed by atoms with Gasteiger partial charge in [0.15, 0.2) is 6.29 Å². The molecule has 0 aliphatic rings. The van der Waals surface area contributed by atoms with E-state index in [0.29, 0.717) is 5.92 Å². The van der Waals surface area contributed by atoms with Gasteiger partial charge in [-0.1, -0.05) is 13.8 Å². The van der Waals surface area contributed by atoms with E-state index in [2.05, 4.69) is 13.8 Å². The lowest BCUT2D eigenvalue weighted by atomic mass is 10.1. The van der Waals surface area contributed by atoms with Gasteiger partial charge in [0, 0.05) is 6.61 Å². The van der Waals surface area contributed by atoms with Crippen LogP contribution >= 0.6 is 0 Å². The van der Waals surface area contributed by atoms with Gasteiger partial charge in [-0.25, -0.2) is 0 Å². The van der Waals surface area contributed by atoms with Crippen molar-refractivity contribution in [2.75, 3.05) is 6.61 Å². The van der Waals surface area contributed by atoms with E-state index in [9.17, 15) is 0 Å². The summed E-state index contributed by atoms with van der Waals surface area (Å²) in [6, 6.07) is 0. The number of rotatable bonds is 6. The molecule has 74 valence electrons. The first kappa shape index (κ1) is 11.9. The normalized spacial score (nSPS) is 14.2. The average molecular weight is 174 g/mol. The first-order chi connectivity index (χ1) is 5.52. The zero-order valence-electron chi connectivity index (χ0n) is 8.96. The molecule has 0 N–H and O–H groups in total. The largest absolute Gasteiger partial charge is 0.353 e. The lowest BCUT2D eigenvalue weighted by Gasteiger charge is -2.17. The topological polar surface area (TPSA) is 18.5 Å². The Kier molecular flexibility index (Phi) is 6.39. The molecule has 0 aliphatic heterocycles. The second-order valence-electron chi connectivity index (χ2n) is 3.81. The molecule has 0 aromatic heterocycles. The van der Waals surface area contributed by atoms with Crippen LogP contribution in [0, 0.1) is 5.92 Å². The molecular formula is C10H22O2. The molecule has 0 aromatic carbocycles. The van der Waals surface area contributed by atoms with Crippen LogP contribution < -0.4 is 0 Å². The standard InChI is InChI=1S/C10H22O2/c1-8(2)6-7-11-10(5)12-9(3)4/h8-10H,6-7H2,1-5H3. The molecule has 1 atom stereocenters. The fourth-order valence-electron chi connectivity index (χ4n) is 0.892. The number of ether oxygens (including phenoxy) is 2. The summed E-state index contributed by atoms with van der Waals surface area (Å²) in [5, 5.41) is 0. The monoisotopic (exact) mass is 174 g/mol. The third-order valence-electron chi connectivity index (χ3n) is 1.51. The van der Waals surface area contributed by atoms with Crippen molar-refractivity contribution in [2.45, 2.75) is 53.4 Å². The van der Waals surface area contributed by atoms with Crippen LogP contribution in [0.3, 0.4) is 0 Å². The van der Waals surface area contributed by atoms with Crippen LogP contribution in [0.25, 0.3) is 0 Å². The van der Waals surface area contributed by atoms with E-state index in [4.69, 9.17) is 9.47 Å². The molecule has 0 fully saturated rings. The molecule has 0 rings (SSSR count). The molecule has 1 unspecified atom stereocenters. The smallest absolute Gasteiger partial charge is 0.155 e. The fraction of sp³-hybridized carbons (Fsp3) is 1.00. The van der Waals surface area contributed by atoms with Gasteiger partial charge in [0.2, 0.25) is 0 Å². The van der Waals surface area contributed by atoms with E-state index in [-0.39, 0.29) is 12.4 Å². The minimum Gasteiger partial charge on any atom is -0.353 e. The molecular weight excluding hydrogens is 152 g/mol. The summed E-state index contributed by atoms with van der Waals surface area (Å²) >= 11 is 0. The minimum absolute atomic E-state index is 0.0660. The Labute approximate surface area is 76.3 Å². The maximum atomic E-state index is 5.44. The fourth-order valence-corrected chi connectivity index (χ4v) is 0.892. The van der Waals surface area contributed by atoms with Crippen LogP contribution in [0.4, 0.5) is 0 Å². The quantitative estimate of drug-likeness (QED) is 0.576. The van der Waals surface area contributed by atoms with E-state index in [1.807, 2.05) is 20.8 Å². The lowest BCUT2D eigenvalue weighted by molar-refractivity contribution is -0.152. The third kappa shape index (κ3) is 8.02. The molecule has 2 nitrogen and oxygen atoms in total. The molecule has 0 heterocycles. The highest BCUT2D eigenvalue weighted by Gasteiger charge is 2.04. The van der Waals surface area contributed by atoms with Crippen molar-refractivity contribution in [3.05, 3.63) is 0 Å². The third-order valence-corrected chi connectivity index (χ3v) is 1.51. The van der Waals surface area contributed by atoms with Crippen molar-refractivity contribution >= 4 is 0 Å². The number of hydrogen-bond donors (Lipinski definition) is 0. The highest BCUT2D eigenvalue weighted by Crippen LogP contribution is 2.03. The molecule has 0 saturated carbocycles. The van der Waals surface area contributed by atoms with Crippen LogP contribution in [-0.4, -0.2) is 19.0 Å². The van der Waals surface area contributed by atoms with Gasteiger partial charge < -0.3 is 9.47 Å². The van der Waals surface area contributed by atoms with Gasteiger partial charge in [-0.15, -0.1) is 0 Å². The minimum atomic E-state index is -0.0660. The van der Waals surface area contributed by atoms with E-state index in [0.717, 1.165) is 13.0 Å². The predicted molar refractivity (Wildman–Crippen MR) is 51.1 cm³/mol. The maximum Gasteiger partial charge on any atom is 0.155 e. The van der Waals surface area contributed by atoms with E-state index < -0.39 is 0 Å². The van der Waals surface area contributed by atoms with Gasteiger partial charge >= 0.3 is 0 Å². The highest BCUT2D eigenvalue weighted by atomic mass is 16.7. The summed E-state index contributed by atoms with van der Waals surface area (Å²) < 4.78 is 10.9. The average Bonchev–Trinajstić information content (AvgIpc) is 1.84. The van der Waals surface area contributed by atoms with Crippen molar-refractivity contribution in [1.82, 2.24) is 0 Å². The van der Waals surface area contributed by atoms with Gasteiger partial charge in [0.25, 0.3) is 0 Å². The molecule has 0 saturated heterocycles. The zero-order chi connectivity index (χ0) is 9.56. The van der Waals surface area contributed by atoms with Crippen molar-refractivity contribution < 1.29 is 9.47 Å². The van der Waals surface area contributed by atoms with Crippen LogP contribution in [0.15, 0.2) is 0 Å². The van der Waals surface area contributed by atoms with Crippen molar-refractivity contribution in [3.63, 3.8) is 0 Å².